The first-order valence-corrected chi connectivity index (χ1v) is 12.8. The largest absolute Gasteiger partial charge is 0.396 e. The van der Waals surface area contributed by atoms with Crippen LogP contribution in [0, 0.1) is 0 Å². The first-order chi connectivity index (χ1) is 16.4. The zero-order valence-corrected chi connectivity index (χ0v) is 21.2. The first-order valence-electron chi connectivity index (χ1n) is 11.9. The molecule has 34 heavy (non-hydrogen) atoms. The normalized spacial score (nSPS) is 15.6. The fraction of sp³-hybridized carbons (Fsp3) is 0.542. The van der Waals surface area contributed by atoms with Crippen molar-refractivity contribution in [2.45, 2.75) is 39.3 Å². The maximum absolute atomic E-state index is 12.9. The van der Waals surface area contributed by atoms with Gasteiger partial charge >= 0.3 is 6.03 Å². The number of pyridine rings is 1. The van der Waals surface area contributed by atoms with Crippen LogP contribution in [0.3, 0.4) is 0 Å². The highest BCUT2D eigenvalue weighted by Crippen LogP contribution is 2.23. The van der Waals surface area contributed by atoms with Crippen molar-refractivity contribution in [1.82, 2.24) is 25.0 Å². The number of hydrogen-bond donors (Lipinski definition) is 3. The summed E-state index contributed by atoms with van der Waals surface area (Å²) in [5.41, 5.74) is 8.15. The Hall–Kier alpha value is -2.69. The van der Waals surface area contributed by atoms with Crippen molar-refractivity contribution in [2.75, 3.05) is 57.4 Å². The van der Waals surface area contributed by atoms with Gasteiger partial charge in [-0.25, -0.2) is 4.79 Å². The number of aromatic nitrogens is 1. The van der Waals surface area contributed by atoms with Gasteiger partial charge in [-0.3, -0.25) is 9.78 Å². The van der Waals surface area contributed by atoms with Gasteiger partial charge < -0.3 is 31.1 Å². The van der Waals surface area contributed by atoms with Gasteiger partial charge in [0.15, 0.2) is 0 Å². The van der Waals surface area contributed by atoms with Gasteiger partial charge in [-0.2, -0.15) is 0 Å². The highest BCUT2D eigenvalue weighted by Gasteiger charge is 2.18. The fourth-order valence-corrected chi connectivity index (χ4v) is 4.35. The average Bonchev–Trinajstić information content (AvgIpc) is 3.24. The van der Waals surface area contributed by atoms with Gasteiger partial charge in [-0.1, -0.05) is 13.0 Å². The summed E-state index contributed by atoms with van der Waals surface area (Å²) in [7, 11) is 2.15. The number of thiophene rings is 1. The molecule has 3 heterocycles. The summed E-state index contributed by atoms with van der Waals surface area (Å²) in [6.45, 7) is 10.5. The minimum Gasteiger partial charge on any atom is -0.396 e. The molecule has 0 saturated carbocycles. The van der Waals surface area contributed by atoms with Gasteiger partial charge in [0.05, 0.1) is 11.4 Å². The lowest BCUT2D eigenvalue weighted by molar-refractivity contribution is 0.102. The summed E-state index contributed by atoms with van der Waals surface area (Å²) in [5, 5.41) is 9.41. The molecule has 2 aromatic rings. The SMILES string of the molecule is CCC(C)NC(=O)N(CCCN1CCN(C)CC1)Cc1ccc(C(=O)Nc2cscc2N)nc1. The number of carbonyl (C=O) groups excluding carboxylic acids is 2. The summed E-state index contributed by atoms with van der Waals surface area (Å²) < 4.78 is 0. The van der Waals surface area contributed by atoms with Crippen molar-refractivity contribution < 1.29 is 9.59 Å². The molecule has 9 nitrogen and oxygen atoms in total. The van der Waals surface area contributed by atoms with Crippen LogP contribution >= 0.6 is 11.3 Å². The molecule has 1 atom stereocenters. The smallest absolute Gasteiger partial charge is 0.317 e. The number of hydrogen-bond acceptors (Lipinski definition) is 7. The Morgan fingerprint density at radius 2 is 2.00 bits per heavy atom. The number of nitrogens with one attached hydrogen (secondary N) is 2. The fourth-order valence-electron chi connectivity index (χ4n) is 3.68. The molecule has 2 aromatic heterocycles. The Morgan fingerprint density at radius 3 is 2.62 bits per heavy atom. The van der Waals surface area contributed by atoms with Crippen LogP contribution in [-0.4, -0.2) is 84.0 Å². The van der Waals surface area contributed by atoms with E-state index >= 15 is 0 Å². The molecule has 0 bridgehead atoms. The van der Waals surface area contributed by atoms with E-state index in [9.17, 15) is 9.59 Å². The Kier molecular flexibility index (Phi) is 9.67. The van der Waals surface area contributed by atoms with Crippen LogP contribution in [0.1, 0.15) is 42.7 Å². The van der Waals surface area contributed by atoms with Crippen molar-refractivity contribution in [2.24, 2.45) is 0 Å². The van der Waals surface area contributed by atoms with E-state index in [1.165, 1.54) is 11.3 Å². The minimum atomic E-state index is -0.310. The highest BCUT2D eigenvalue weighted by molar-refractivity contribution is 7.09. The van der Waals surface area contributed by atoms with Crippen LogP contribution in [-0.2, 0) is 6.54 Å². The van der Waals surface area contributed by atoms with Crippen LogP contribution in [0.4, 0.5) is 16.2 Å². The number of nitrogens with two attached hydrogens (primary N) is 1. The maximum Gasteiger partial charge on any atom is 0.317 e. The maximum atomic E-state index is 12.9. The van der Waals surface area contributed by atoms with E-state index in [0.717, 1.165) is 51.1 Å². The summed E-state index contributed by atoms with van der Waals surface area (Å²) >= 11 is 1.43. The molecule has 10 heteroatoms. The Balaban J connectivity index is 1.58. The standard InChI is InChI=1S/C24H37N7O2S/c1-4-18(2)27-24(33)31(9-5-8-30-12-10-29(3)11-13-30)15-19-6-7-21(26-14-19)23(32)28-22-17-34-16-20(22)25/h6-7,14,16-18H,4-5,8-13,15,25H2,1-3H3,(H,27,33)(H,28,32). The lowest BCUT2D eigenvalue weighted by Gasteiger charge is -2.33. The van der Waals surface area contributed by atoms with Gasteiger partial charge in [0, 0.05) is 62.3 Å². The van der Waals surface area contributed by atoms with Crippen molar-refractivity contribution >= 4 is 34.6 Å². The van der Waals surface area contributed by atoms with E-state index in [0.29, 0.717) is 30.2 Å². The average molecular weight is 488 g/mol. The van der Waals surface area contributed by atoms with Gasteiger partial charge in [0.25, 0.3) is 5.91 Å². The monoisotopic (exact) mass is 487 g/mol. The first kappa shape index (κ1) is 25.9. The van der Waals surface area contributed by atoms with Crippen molar-refractivity contribution in [1.29, 1.82) is 0 Å². The third-order valence-corrected chi connectivity index (χ3v) is 6.90. The third-order valence-electron chi connectivity index (χ3n) is 6.14. The second-order valence-electron chi connectivity index (χ2n) is 8.93. The Labute approximate surface area is 206 Å². The van der Waals surface area contributed by atoms with E-state index in [2.05, 4.69) is 39.4 Å². The molecule has 0 radical (unpaired) electrons. The van der Waals surface area contributed by atoms with E-state index in [1.54, 1.807) is 23.0 Å². The predicted molar refractivity (Wildman–Crippen MR) is 138 cm³/mol. The van der Waals surface area contributed by atoms with E-state index in [-0.39, 0.29) is 18.0 Å². The second-order valence-corrected chi connectivity index (χ2v) is 9.67. The lowest BCUT2D eigenvalue weighted by atomic mass is 10.2. The number of amides is 3. The summed E-state index contributed by atoms with van der Waals surface area (Å²) in [6.07, 6.45) is 3.45. The molecule has 0 aromatic carbocycles. The van der Waals surface area contributed by atoms with Crippen LogP contribution in [0.15, 0.2) is 29.1 Å². The van der Waals surface area contributed by atoms with Gasteiger partial charge in [-0.15, -0.1) is 11.3 Å². The number of piperazine rings is 1. The molecule has 186 valence electrons. The molecule has 1 fully saturated rings. The minimum absolute atomic E-state index is 0.0671. The molecule has 1 aliphatic rings. The lowest BCUT2D eigenvalue weighted by Crippen LogP contribution is -2.46. The number of carbonyl (C=O) groups is 2. The Bertz CT molecular complexity index is 926. The van der Waals surface area contributed by atoms with Crippen LogP contribution in [0.2, 0.25) is 0 Å². The van der Waals surface area contributed by atoms with Crippen LogP contribution in [0.25, 0.3) is 0 Å². The molecule has 3 rings (SSSR count). The molecule has 3 amide bonds. The molecule has 0 aliphatic carbocycles. The zero-order valence-electron chi connectivity index (χ0n) is 20.4. The molecule has 1 aliphatic heterocycles. The molecular formula is C24H37N7O2S. The molecule has 1 unspecified atom stereocenters. The zero-order chi connectivity index (χ0) is 24.5. The number of anilines is 2. The number of rotatable bonds is 10. The van der Waals surface area contributed by atoms with E-state index in [1.807, 2.05) is 17.9 Å². The second kappa shape index (κ2) is 12.7. The highest BCUT2D eigenvalue weighted by atomic mass is 32.1. The molecule has 1 saturated heterocycles. The summed E-state index contributed by atoms with van der Waals surface area (Å²) in [6, 6.07) is 3.58. The third kappa shape index (κ3) is 7.68. The summed E-state index contributed by atoms with van der Waals surface area (Å²) in [5.74, 6) is -0.310. The van der Waals surface area contributed by atoms with Gasteiger partial charge in [-0.05, 0) is 45.0 Å². The quantitative estimate of drug-likeness (QED) is 0.476. The molecule has 4 N–H and O–H groups in total. The van der Waals surface area contributed by atoms with E-state index < -0.39 is 0 Å². The van der Waals surface area contributed by atoms with Gasteiger partial charge in [0.2, 0.25) is 0 Å². The number of likely N-dealkylation sites (N-methyl/N-ethyl adjacent to an activating group) is 1. The number of urea groups is 1. The van der Waals surface area contributed by atoms with Gasteiger partial charge in [0.1, 0.15) is 5.69 Å². The van der Waals surface area contributed by atoms with Crippen molar-refractivity contribution in [3.63, 3.8) is 0 Å². The van der Waals surface area contributed by atoms with Crippen molar-refractivity contribution in [3.05, 3.63) is 40.3 Å². The predicted octanol–water partition coefficient (Wildman–Crippen LogP) is 2.93. The molecular weight excluding hydrogens is 450 g/mol. The summed E-state index contributed by atoms with van der Waals surface area (Å²) in [4.78, 5) is 36.3. The Morgan fingerprint density at radius 1 is 1.24 bits per heavy atom. The van der Waals surface area contributed by atoms with Crippen molar-refractivity contribution in [3.8, 4) is 0 Å². The topological polar surface area (TPSA) is 107 Å². The number of nitrogen functional groups attached to an aromatic ring is 1. The van der Waals surface area contributed by atoms with Crippen LogP contribution in [0.5, 0.6) is 0 Å². The van der Waals surface area contributed by atoms with Crippen LogP contribution < -0.4 is 16.4 Å². The number of nitrogens with zero attached hydrogens (tertiary/aromatic N) is 4. The molecule has 0 spiro atoms. The van der Waals surface area contributed by atoms with E-state index in [4.69, 9.17) is 5.73 Å².